The van der Waals surface area contributed by atoms with Crippen molar-refractivity contribution in [2.24, 2.45) is 0 Å². The normalized spacial score (nSPS) is 13.3. The van der Waals surface area contributed by atoms with E-state index in [0.29, 0.717) is 18.5 Å². The molecule has 0 radical (unpaired) electrons. The van der Waals surface area contributed by atoms with Gasteiger partial charge in [-0.2, -0.15) is 0 Å². The number of carbonyl (C=O) groups is 4. The SMILES string of the molecule is C=C/C(=C\CC)NC(=O)C(C)NC(=O)[C@H](C)NC(=O)CCCCC(=O)[OH2+]. The smallest absolute Gasteiger partial charge is 0.515 e. The molecule has 0 aliphatic heterocycles. The molecule has 2 atom stereocenters. The standard InChI is InChI=1S/C18H29N3O5/c1-5-9-14(6-2)21-18(26)13(4)20-17(25)12(3)19-15(22)10-7-8-11-16(23)24/h6,9,12-13H,2,5,7-8,10-11H2,1,3-4H3,(H,19,22)(H,20,25)(H,21,26)(H,23,24)/p+1/b14-9+/t12-,13?/m0/s1. The molecule has 0 aromatic heterocycles. The molecule has 0 aliphatic carbocycles. The van der Waals surface area contributed by atoms with Crippen LogP contribution in [0.5, 0.6) is 0 Å². The maximum Gasteiger partial charge on any atom is 0.515 e. The zero-order valence-electron chi connectivity index (χ0n) is 15.7. The minimum absolute atomic E-state index is 0.120. The molecule has 3 amide bonds. The van der Waals surface area contributed by atoms with Crippen molar-refractivity contribution in [3.63, 3.8) is 0 Å². The molecule has 0 rings (SSSR count). The average molecular weight is 368 g/mol. The van der Waals surface area contributed by atoms with Crippen LogP contribution >= 0.6 is 0 Å². The van der Waals surface area contributed by atoms with Crippen molar-refractivity contribution in [3.05, 3.63) is 24.4 Å². The first kappa shape index (κ1) is 23.4. The summed E-state index contributed by atoms with van der Waals surface area (Å²) in [4.78, 5) is 46.4. The number of hydrogen-bond acceptors (Lipinski definition) is 4. The number of rotatable bonds is 12. The van der Waals surface area contributed by atoms with E-state index in [-0.39, 0.29) is 24.7 Å². The second-order valence-corrected chi connectivity index (χ2v) is 5.91. The largest absolute Gasteiger partial charge is 0.565 e. The lowest BCUT2D eigenvalue weighted by atomic mass is 10.1. The van der Waals surface area contributed by atoms with Crippen LogP contribution in [0.2, 0.25) is 0 Å². The van der Waals surface area contributed by atoms with Gasteiger partial charge in [-0.3, -0.25) is 14.4 Å². The number of nitrogens with one attached hydrogen (secondary N) is 3. The fraction of sp³-hybridized carbons (Fsp3) is 0.556. The summed E-state index contributed by atoms with van der Waals surface area (Å²) in [5, 5.41) is 14.5. The summed E-state index contributed by atoms with van der Waals surface area (Å²) < 4.78 is 0. The Kier molecular flexibility index (Phi) is 11.4. The topological polar surface area (TPSA) is 127 Å². The summed E-state index contributed by atoms with van der Waals surface area (Å²) in [6.45, 7) is 8.61. The lowest BCUT2D eigenvalue weighted by molar-refractivity contribution is -0.137. The Morgan fingerprint density at radius 1 is 1.00 bits per heavy atom. The molecule has 0 heterocycles. The van der Waals surface area contributed by atoms with Crippen molar-refractivity contribution in [1.29, 1.82) is 0 Å². The van der Waals surface area contributed by atoms with E-state index in [2.05, 4.69) is 22.5 Å². The van der Waals surface area contributed by atoms with Gasteiger partial charge in [-0.1, -0.05) is 19.6 Å². The Hall–Kier alpha value is -2.64. The number of carbonyl (C=O) groups excluding carboxylic acids is 4. The van der Waals surface area contributed by atoms with Crippen molar-refractivity contribution in [1.82, 2.24) is 16.0 Å². The summed E-state index contributed by atoms with van der Waals surface area (Å²) in [7, 11) is 0. The van der Waals surface area contributed by atoms with E-state index in [1.54, 1.807) is 13.0 Å². The fourth-order valence-corrected chi connectivity index (χ4v) is 2.01. The molecule has 0 spiro atoms. The predicted octanol–water partition coefficient (Wildman–Crippen LogP) is 0.403. The van der Waals surface area contributed by atoms with Gasteiger partial charge in [0, 0.05) is 16.9 Å². The summed E-state index contributed by atoms with van der Waals surface area (Å²) in [6, 6.07) is -1.56. The summed E-state index contributed by atoms with van der Waals surface area (Å²) in [6.07, 6.45) is 5.29. The third kappa shape index (κ3) is 10.3. The lowest BCUT2D eigenvalue weighted by Gasteiger charge is -2.18. The molecule has 0 bridgehead atoms. The van der Waals surface area contributed by atoms with Crippen LogP contribution in [0.3, 0.4) is 0 Å². The average Bonchev–Trinajstić information content (AvgIpc) is 2.57. The van der Waals surface area contributed by atoms with Crippen LogP contribution < -0.4 is 16.0 Å². The Labute approximate surface area is 154 Å². The third-order valence-electron chi connectivity index (χ3n) is 3.49. The zero-order valence-corrected chi connectivity index (χ0v) is 15.7. The molecule has 0 fully saturated rings. The maximum atomic E-state index is 12.1. The number of unbranched alkanes of at least 4 members (excludes halogenated alkanes) is 1. The van der Waals surface area contributed by atoms with Crippen LogP contribution in [0.25, 0.3) is 0 Å². The highest BCUT2D eigenvalue weighted by atomic mass is 16.4. The Morgan fingerprint density at radius 3 is 2.12 bits per heavy atom. The monoisotopic (exact) mass is 368 g/mol. The molecule has 0 saturated carbocycles. The van der Waals surface area contributed by atoms with E-state index in [1.807, 2.05) is 6.92 Å². The molecule has 1 unspecified atom stereocenters. The van der Waals surface area contributed by atoms with Crippen molar-refractivity contribution < 1.29 is 24.3 Å². The summed E-state index contributed by atoms with van der Waals surface area (Å²) >= 11 is 0. The zero-order chi connectivity index (χ0) is 20.1. The molecule has 0 aromatic carbocycles. The first-order valence-corrected chi connectivity index (χ1v) is 8.68. The van der Waals surface area contributed by atoms with Crippen molar-refractivity contribution in [2.75, 3.05) is 0 Å². The molecule has 5 N–H and O–H groups in total. The van der Waals surface area contributed by atoms with Crippen LogP contribution in [0.15, 0.2) is 24.4 Å². The number of hydrogen-bond donors (Lipinski definition) is 3. The van der Waals surface area contributed by atoms with Crippen molar-refractivity contribution >= 4 is 23.7 Å². The fourth-order valence-electron chi connectivity index (χ4n) is 2.01. The third-order valence-corrected chi connectivity index (χ3v) is 3.49. The first-order valence-electron chi connectivity index (χ1n) is 8.68. The number of allylic oxidation sites excluding steroid dienone is 2. The second-order valence-electron chi connectivity index (χ2n) is 5.91. The van der Waals surface area contributed by atoms with E-state index in [0.717, 1.165) is 6.42 Å². The van der Waals surface area contributed by atoms with Gasteiger partial charge >= 0.3 is 5.97 Å². The van der Waals surface area contributed by atoms with Crippen molar-refractivity contribution in [2.45, 2.75) is 65.0 Å². The second kappa shape index (κ2) is 12.7. The van der Waals surface area contributed by atoms with E-state index < -0.39 is 24.0 Å². The van der Waals surface area contributed by atoms with Crippen LogP contribution in [-0.4, -0.2) is 40.9 Å². The quantitative estimate of drug-likeness (QED) is 0.262. The van der Waals surface area contributed by atoms with Gasteiger partial charge in [0.15, 0.2) is 0 Å². The van der Waals surface area contributed by atoms with E-state index >= 15 is 0 Å². The highest BCUT2D eigenvalue weighted by Crippen LogP contribution is 2.00. The minimum atomic E-state index is -0.791. The van der Waals surface area contributed by atoms with Gasteiger partial charge in [-0.25, -0.2) is 0 Å². The van der Waals surface area contributed by atoms with E-state index in [4.69, 9.17) is 5.11 Å². The molecule has 146 valence electrons. The molecular weight excluding hydrogens is 338 g/mol. The van der Waals surface area contributed by atoms with Crippen molar-refractivity contribution in [3.8, 4) is 0 Å². The van der Waals surface area contributed by atoms with E-state index in [9.17, 15) is 19.2 Å². The number of amides is 3. The van der Waals surface area contributed by atoms with Crippen LogP contribution in [0.1, 0.15) is 52.9 Å². The van der Waals surface area contributed by atoms with Gasteiger partial charge in [0.2, 0.25) is 17.7 Å². The Morgan fingerprint density at radius 2 is 1.58 bits per heavy atom. The molecule has 8 nitrogen and oxygen atoms in total. The molecule has 0 aromatic rings. The van der Waals surface area contributed by atoms with E-state index in [1.165, 1.54) is 13.0 Å². The highest BCUT2D eigenvalue weighted by molar-refractivity contribution is 5.92. The molecule has 0 aliphatic rings. The molecular formula is C18H30N3O5+. The summed E-state index contributed by atoms with van der Waals surface area (Å²) in [5.74, 6) is -1.82. The first-order chi connectivity index (χ1) is 12.2. The van der Waals surface area contributed by atoms with Crippen LogP contribution in [0.4, 0.5) is 0 Å². The lowest BCUT2D eigenvalue weighted by Crippen LogP contribution is -2.51. The van der Waals surface area contributed by atoms with Crippen LogP contribution in [-0.2, 0) is 19.2 Å². The molecule has 0 saturated heterocycles. The van der Waals surface area contributed by atoms with Gasteiger partial charge in [-0.15, -0.1) is 0 Å². The van der Waals surface area contributed by atoms with Gasteiger partial charge < -0.3 is 21.1 Å². The van der Waals surface area contributed by atoms with Gasteiger partial charge in [-0.05, 0) is 39.2 Å². The molecule has 26 heavy (non-hydrogen) atoms. The van der Waals surface area contributed by atoms with Gasteiger partial charge in [0.05, 0.1) is 0 Å². The molecule has 8 heteroatoms. The minimum Gasteiger partial charge on any atom is -0.565 e. The van der Waals surface area contributed by atoms with Crippen LogP contribution in [0, 0.1) is 0 Å². The van der Waals surface area contributed by atoms with Gasteiger partial charge in [0.25, 0.3) is 0 Å². The maximum absolute atomic E-state index is 12.1. The summed E-state index contributed by atoms with van der Waals surface area (Å²) in [5.41, 5.74) is 0.575. The van der Waals surface area contributed by atoms with Gasteiger partial charge in [0.1, 0.15) is 18.5 Å². The Bertz CT molecular complexity index is 557. The Balaban J connectivity index is 4.32. The predicted molar refractivity (Wildman–Crippen MR) is 99.0 cm³/mol. The highest BCUT2D eigenvalue weighted by Gasteiger charge is 2.21.